The minimum Gasteiger partial charge on any atom is -0.122 e. The van der Waals surface area contributed by atoms with Gasteiger partial charge in [0.15, 0.2) is 0 Å². The molecule has 0 N–H and O–H groups in total. The number of alkyl halides is 3. The molecule has 0 aromatic heterocycles. The number of hydrogen-bond acceptors (Lipinski definition) is 0. The number of hydrogen-bond donors (Lipinski definition) is 0. The maximum absolute atomic E-state index is 5.71. The van der Waals surface area contributed by atoms with E-state index in [0.29, 0.717) is 5.88 Å². The highest BCUT2D eigenvalue weighted by atomic mass is 79.9. The van der Waals surface area contributed by atoms with Gasteiger partial charge in [-0.2, -0.15) is 0 Å². The minimum absolute atomic E-state index is 0.169. The van der Waals surface area contributed by atoms with Gasteiger partial charge in [-0.15, -0.1) is 11.6 Å². The van der Waals surface area contributed by atoms with E-state index < -0.39 is 0 Å². The standard InChI is InChI=1S/C8H6Br3Cl/c9-7-2-1-5(4-12)3-6(7)8(10)11/h1-3,8H,4H2. The van der Waals surface area contributed by atoms with Crippen LogP contribution in [0.5, 0.6) is 0 Å². The Morgan fingerprint density at radius 2 is 2.00 bits per heavy atom. The summed E-state index contributed by atoms with van der Waals surface area (Å²) in [6.07, 6.45) is 0. The first-order chi connectivity index (χ1) is 5.65. The maximum atomic E-state index is 5.71. The van der Waals surface area contributed by atoms with E-state index in [1.54, 1.807) is 0 Å². The van der Waals surface area contributed by atoms with E-state index >= 15 is 0 Å². The molecule has 0 fully saturated rings. The molecule has 0 amide bonds. The van der Waals surface area contributed by atoms with Crippen LogP contribution in [0.3, 0.4) is 0 Å². The predicted octanol–water partition coefficient (Wildman–Crippen LogP) is 4.98. The van der Waals surface area contributed by atoms with Crippen molar-refractivity contribution in [1.82, 2.24) is 0 Å². The first-order valence-electron chi connectivity index (χ1n) is 3.27. The van der Waals surface area contributed by atoms with Crippen LogP contribution in [-0.4, -0.2) is 0 Å². The molecular weight excluding hydrogens is 371 g/mol. The van der Waals surface area contributed by atoms with Crippen molar-refractivity contribution in [3.05, 3.63) is 33.8 Å². The Kier molecular flexibility index (Phi) is 4.58. The summed E-state index contributed by atoms with van der Waals surface area (Å²) in [4.78, 5) is 0. The first kappa shape index (κ1) is 11.0. The Labute approximate surface area is 102 Å². The molecule has 0 atom stereocenters. The second-order valence-corrected chi connectivity index (χ2v) is 6.47. The number of rotatable bonds is 2. The van der Waals surface area contributed by atoms with Crippen LogP contribution < -0.4 is 0 Å². The topological polar surface area (TPSA) is 0 Å². The summed E-state index contributed by atoms with van der Waals surface area (Å²) in [5.74, 6) is 0.549. The van der Waals surface area contributed by atoms with Crippen molar-refractivity contribution < 1.29 is 0 Å². The van der Waals surface area contributed by atoms with Gasteiger partial charge in [0, 0.05) is 10.4 Å². The second kappa shape index (κ2) is 4.99. The first-order valence-corrected chi connectivity index (χ1v) is 6.43. The van der Waals surface area contributed by atoms with Gasteiger partial charge >= 0.3 is 0 Å². The molecule has 66 valence electrons. The van der Waals surface area contributed by atoms with Crippen LogP contribution in [0.15, 0.2) is 22.7 Å². The summed E-state index contributed by atoms with van der Waals surface area (Å²) in [5, 5.41) is 0. The van der Waals surface area contributed by atoms with Crippen LogP contribution in [0, 0.1) is 0 Å². The van der Waals surface area contributed by atoms with Crippen LogP contribution >= 0.6 is 59.4 Å². The lowest BCUT2D eigenvalue weighted by Gasteiger charge is -2.06. The van der Waals surface area contributed by atoms with Gasteiger partial charge in [0.05, 0.1) is 3.74 Å². The van der Waals surface area contributed by atoms with E-state index in [4.69, 9.17) is 11.6 Å². The summed E-state index contributed by atoms with van der Waals surface area (Å²) in [6.45, 7) is 0. The second-order valence-electron chi connectivity index (χ2n) is 2.29. The molecular formula is C8H6Br3Cl. The van der Waals surface area contributed by atoms with Crippen LogP contribution in [0.25, 0.3) is 0 Å². The third kappa shape index (κ3) is 2.72. The summed E-state index contributed by atoms with van der Waals surface area (Å²) in [7, 11) is 0. The van der Waals surface area contributed by atoms with Crippen LogP contribution in [-0.2, 0) is 5.88 Å². The molecule has 0 radical (unpaired) electrons. The zero-order valence-corrected chi connectivity index (χ0v) is 11.5. The molecule has 0 heterocycles. The molecule has 0 saturated carbocycles. The Morgan fingerprint density at radius 3 is 2.50 bits per heavy atom. The zero-order valence-electron chi connectivity index (χ0n) is 6.03. The van der Waals surface area contributed by atoms with Gasteiger partial charge in [0.2, 0.25) is 0 Å². The third-order valence-corrected chi connectivity index (χ3v) is 3.47. The predicted molar refractivity (Wildman–Crippen MR) is 64.3 cm³/mol. The van der Waals surface area contributed by atoms with Gasteiger partial charge in [0.1, 0.15) is 0 Å². The molecule has 0 aliphatic rings. The Balaban J connectivity index is 3.08. The van der Waals surface area contributed by atoms with Gasteiger partial charge in [-0.3, -0.25) is 0 Å². The highest BCUT2D eigenvalue weighted by Crippen LogP contribution is 2.35. The van der Waals surface area contributed by atoms with Crippen molar-refractivity contribution in [1.29, 1.82) is 0 Å². The molecule has 1 rings (SSSR count). The van der Waals surface area contributed by atoms with Crippen molar-refractivity contribution in [2.24, 2.45) is 0 Å². The van der Waals surface area contributed by atoms with Gasteiger partial charge in [-0.05, 0) is 17.2 Å². The smallest absolute Gasteiger partial charge is 0.0957 e. The molecule has 0 unspecified atom stereocenters. The lowest BCUT2D eigenvalue weighted by atomic mass is 10.2. The highest BCUT2D eigenvalue weighted by molar-refractivity contribution is 9.24. The quantitative estimate of drug-likeness (QED) is 0.638. The fraction of sp³-hybridized carbons (Fsp3) is 0.250. The Morgan fingerprint density at radius 1 is 1.33 bits per heavy atom. The fourth-order valence-corrected chi connectivity index (χ4v) is 2.86. The average molecular weight is 377 g/mol. The summed E-state index contributed by atoms with van der Waals surface area (Å²) in [6, 6.07) is 6.07. The summed E-state index contributed by atoms with van der Waals surface area (Å²) >= 11 is 16.0. The monoisotopic (exact) mass is 374 g/mol. The van der Waals surface area contributed by atoms with Gasteiger partial charge < -0.3 is 0 Å². The van der Waals surface area contributed by atoms with Crippen molar-refractivity contribution in [2.75, 3.05) is 0 Å². The van der Waals surface area contributed by atoms with E-state index in [-0.39, 0.29) is 3.74 Å². The largest absolute Gasteiger partial charge is 0.122 e. The maximum Gasteiger partial charge on any atom is 0.0957 e. The van der Waals surface area contributed by atoms with E-state index in [9.17, 15) is 0 Å². The molecule has 0 spiro atoms. The molecule has 0 aliphatic heterocycles. The summed E-state index contributed by atoms with van der Waals surface area (Å²) in [5.41, 5.74) is 2.28. The van der Waals surface area contributed by atoms with E-state index in [0.717, 1.165) is 15.6 Å². The molecule has 12 heavy (non-hydrogen) atoms. The van der Waals surface area contributed by atoms with E-state index in [2.05, 4.69) is 53.9 Å². The average Bonchev–Trinajstić information content (AvgIpc) is 2.05. The fourth-order valence-electron chi connectivity index (χ4n) is 0.844. The third-order valence-electron chi connectivity index (χ3n) is 1.45. The van der Waals surface area contributed by atoms with Crippen molar-refractivity contribution >= 4 is 59.4 Å². The lowest BCUT2D eigenvalue weighted by molar-refractivity contribution is 1.31. The molecule has 1 aromatic rings. The molecule has 4 heteroatoms. The van der Waals surface area contributed by atoms with Gasteiger partial charge in [0.25, 0.3) is 0 Å². The van der Waals surface area contributed by atoms with E-state index in [1.807, 2.05) is 12.1 Å². The Hall–Kier alpha value is 0.950. The molecule has 0 nitrogen and oxygen atoms in total. The summed E-state index contributed by atoms with van der Waals surface area (Å²) < 4.78 is 1.25. The Bertz CT molecular complexity index is 273. The van der Waals surface area contributed by atoms with Crippen molar-refractivity contribution in [3.8, 4) is 0 Å². The van der Waals surface area contributed by atoms with Crippen LogP contribution in [0.1, 0.15) is 14.9 Å². The lowest BCUT2D eigenvalue weighted by Crippen LogP contribution is -1.86. The van der Waals surface area contributed by atoms with Crippen molar-refractivity contribution in [2.45, 2.75) is 9.62 Å². The highest BCUT2D eigenvalue weighted by Gasteiger charge is 2.07. The van der Waals surface area contributed by atoms with Gasteiger partial charge in [-0.1, -0.05) is 59.9 Å². The normalized spacial score (nSPS) is 10.8. The molecule has 0 bridgehead atoms. The SMILES string of the molecule is ClCc1ccc(Br)c(C(Br)Br)c1. The van der Waals surface area contributed by atoms with Crippen LogP contribution in [0.4, 0.5) is 0 Å². The van der Waals surface area contributed by atoms with Crippen LogP contribution in [0.2, 0.25) is 0 Å². The van der Waals surface area contributed by atoms with E-state index in [1.165, 1.54) is 0 Å². The molecule has 0 saturated heterocycles. The zero-order chi connectivity index (χ0) is 9.14. The molecule has 1 aromatic carbocycles. The van der Waals surface area contributed by atoms with Gasteiger partial charge in [-0.25, -0.2) is 0 Å². The number of halogens is 4. The molecule has 0 aliphatic carbocycles. The minimum atomic E-state index is 0.169. The number of benzene rings is 1. The van der Waals surface area contributed by atoms with Crippen molar-refractivity contribution in [3.63, 3.8) is 0 Å².